The Hall–Kier alpha value is -3.05. The van der Waals surface area contributed by atoms with Crippen LogP contribution in [0.5, 0.6) is 11.5 Å². The van der Waals surface area contributed by atoms with Crippen LogP contribution in [0.2, 0.25) is 5.02 Å². The minimum atomic E-state index is -0.215. The summed E-state index contributed by atoms with van der Waals surface area (Å²) in [6, 6.07) is 16.6. The molecule has 2 N–H and O–H groups in total. The van der Waals surface area contributed by atoms with Crippen molar-refractivity contribution in [2.75, 3.05) is 6.61 Å². The Kier molecular flexibility index (Phi) is 6.50. The van der Waals surface area contributed by atoms with Crippen molar-refractivity contribution in [3.05, 3.63) is 70.7 Å². The molecule has 3 rings (SSSR count). The van der Waals surface area contributed by atoms with E-state index in [1.165, 1.54) is 6.21 Å². The fraction of sp³-hybridized carbons (Fsp3) is 0.182. The number of halogens is 1. The second-order valence-electron chi connectivity index (χ2n) is 6.38. The fourth-order valence-electron chi connectivity index (χ4n) is 2.80. The van der Waals surface area contributed by atoms with Crippen molar-refractivity contribution in [3.8, 4) is 11.5 Å². The molecular formula is C22H21ClN2O3. The number of hydrogen-bond acceptors (Lipinski definition) is 4. The number of aromatic hydroxyl groups is 1. The van der Waals surface area contributed by atoms with Crippen molar-refractivity contribution in [1.29, 1.82) is 0 Å². The number of ether oxygens (including phenoxy) is 1. The number of hydrazone groups is 1. The van der Waals surface area contributed by atoms with Crippen LogP contribution in [0.3, 0.4) is 0 Å². The molecule has 0 aliphatic rings. The van der Waals surface area contributed by atoms with Gasteiger partial charge in [0.2, 0.25) is 5.91 Å². The van der Waals surface area contributed by atoms with E-state index in [-0.39, 0.29) is 18.1 Å². The number of nitrogens with one attached hydrogen (secondary N) is 1. The van der Waals surface area contributed by atoms with Crippen LogP contribution in [0.4, 0.5) is 0 Å². The van der Waals surface area contributed by atoms with Gasteiger partial charge in [-0.25, -0.2) is 5.43 Å². The van der Waals surface area contributed by atoms with Gasteiger partial charge in [-0.15, -0.1) is 0 Å². The van der Waals surface area contributed by atoms with Crippen LogP contribution in [0.25, 0.3) is 10.8 Å². The van der Waals surface area contributed by atoms with Gasteiger partial charge in [0.15, 0.2) is 0 Å². The van der Waals surface area contributed by atoms with Crippen molar-refractivity contribution in [1.82, 2.24) is 5.43 Å². The maximum Gasteiger partial charge on any atom is 0.240 e. The minimum absolute atomic E-state index is 0.142. The monoisotopic (exact) mass is 396 g/mol. The number of benzene rings is 3. The number of amides is 1. The number of aryl methyl sites for hydroxylation is 1. The second-order valence-corrected chi connectivity index (χ2v) is 6.82. The largest absolute Gasteiger partial charge is 0.507 e. The summed E-state index contributed by atoms with van der Waals surface area (Å²) in [4.78, 5) is 11.9. The lowest BCUT2D eigenvalue weighted by atomic mass is 10.1. The summed E-state index contributed by atoms with van der Waals surface area (Å²) >= 11 is 5.91. The first-order valence-electron chi connectivity index (χ1n) is 8.96. The highest BCUT2D eigenvalue weighted by Crippen LogP contribution is 2.27. The third kappa shape index (κ3) is 5.02. The Balaban J connectivity index is 1.46. The molecule has 0 fully saturated rings. The molecule has 0 aliphatic heterocycles. The third-order valence-electron chi connectivity index (χ3n) is 4.27. The Bertz CT molecular complexity index is 1020. The van der Waals surface area contributed by atoms with Gasteiger partial charge < -0.3 is 9.84 Å². The van der Waals surface area contributed by atoms with E-state index in [1.807, 2.05) is 49.4 Å². The first-order chi connectivity index (χ1) is 13.5. The van der Waals surface area contributed by atoms with E-state index in [1.54, 1.807) is 12.1 Å². The molecule has 0 radical (unpaired) electrons. The van der Waals surface area contributed by atoms with Gasteiger partial charge in [0, 0.05) is 22.4 Å². The summed E-state index contributed by atoms with van der Waals surface area (Å²) in [6.07, 6.45) is 2.28. The van der Waals surface area contributed by atoms with Gasteiger partial charge in [0.25, 0.3) is 0 Å². The number of rotatable bonds is 7. The maximum atomic E-state index is 11.9. The zero-order chi connectivity index (χ0) is 19.9. The first kappa shape index (κ1) is 19.7. The smallest absolute Gasteiger partial charge is 0.240 e. The maximum absolute atomic E-state index is 11.9. The Morgan fingerprint density at radius 2 is 2.04 bits per heavy atom. The zero-order valence-corrected chi connectivity index (χ0v) is 16.2. The Morgan fingerprint density at radius 3 is 2.86 bits per heavy atom. The van der Waals surface area contributed by atoms with Crippen LogP contribution >= 0.6 is 11.6 Å². The molecule has 144 valence electrons. The second kappa shape index (κ2) is 9.24. The van der Waals surface area contributed by atoms with Crippen molar-refractivity contribution >= 4 is 34.5 Å². The SMILES string of the molecule is Cc1cc(Cl)ccc1OCCCC(=O)N/N=C/c1ccc2ccccc2c1O. The summed E-state index contributed by atoms with van der Waals surface area (Å²) in [5.41, 5.74) is 3.97. The topological polar surface area (TPSA) is 70.9 Å². The zero-order valence-electron chi connectivity index (χ0n) is 15.5. The number of phenolic OH excluding ortho intramolecular Hbond substituents is 1. The summed E-state index contributed by atoms with van der Waals surface area (Å²) in [7, 11) is 0. The van der Waals surface area contributed by atoms with Crippen molar-refractivity contribution in [2.45, 2.75) is 19.8 Å². The van der Waals surface area contributed by atoms with Crippen LogP contribution in [-0.4, -0.2) is 23.8 Å². The lowest BCUT2D eigenvalue weighted by Gasteiger charge is -2.09. The van der Waals surface area contributed by atoms with E-state index in [0.717, 1.165) is 22.1 Å². The minimum Gasteiger partial charge on any atom is -0.507 e. The van der Waals surface area contributed by atoms with Gasteiger partial charge in [-0.2, -0.15) is 5.10 Å². The summed E-state index contributed by atoms with van der Waals surface area (Å²) in [5, 5.41) is 16.6. The third-order valence-corrected chi connectivity index (χ3v) is 4.50. The molecule has 1 amide bonds. The fourth-order valence-corrected chi connectivity index (χ4v) is 3.02. The Morgan fingerprint density at radius 1 is 1.21 bits per heavy atom. The van der Waals surface area contributed by atoms with E-state index < -0.39 is 0 Å². The molecule has 0 atom stereocenters. The van der Waals surface area contributed by atoms with E-state index in [4.69, 9.17) is 16.3 Å². The molecule has 0 aromatic heterocycles. The van der Waals surface area contributed by atoms with E-state index >= 15 is 0 Å². The van der Waals surface area contributed by atoms with Crippen LogP contribution in [-0.2, 0) is 4.79 Å². The Labute approximate surface area is 168 Å². The van der Waals surface area contributed by atoms with Crippen molar-refractivity contribution < 1.29 is 14.6 Å². The first-order valence-corrected chi connectivity index (χ1v) is 9.34. The molecular weight excluding hydrogens is 376 g/mol. The summed E-state index contributed by atoms with van der Waals surface area (Å²) in [5.74, 6) is 0.686. The molecule has 0 unspecified atom stereocenters. The van der Waals surface area contributed by atoms with E-state index in [9.17, 15) is 9.90 Å². The number of nitrogens with zero attached hydrogens (tertiary/aromatic N) is 1. The van der Waals surface area contributed by atoms with E-state index in [2.05, 4.69) is 10.5 Å². The molecule has 0 bridgehead atoms. The highest BCUT2D eigenvalue weighted by atomic mass is 35.5. The number of hydrogen-bond donors (Lipinski definition) is 2. The number of phenols is 1. The predicted octanol–water partition coefficient (Wildman–Crippen LogP) is 4.82. The molecule has 28 heavy (non-hydrogen) atoms. The number of carbonyl (C=O) groups is 1. The van der Waals surface area contributed by atoms with Gasteiger partial charge in [-0.1, -0.05) is 41.9 Å². The van der Waals surface area contributed by atoms with Gasteiger partial charge in [0.05, 0.1) is 12.8 Å². The van der Waals surface area contributed by atoms with Crippen LogP contribution < -0.4 is 10.2 Å². The summed E-state index contributed by atoms with van der Waals surface area (Å²) < 4.78 is 5.66. The highest BCUT2D eigenvalue weighted by molar-refractivity contribution is 6.30. The van der Waals surface area contributed by atoms with Gasteiger partial charge >= 0.3 is 0 Å². The van der Waals surface area contributed by atoms with Gasteiger partial charge in [-0.05, 0) is 48.6 Å². The van der Waals surface area contributed by atoms with Gasteiger partial charge in [0.1, 0.15) is 11.5 Å². The standard InChI is InChI=1S/C22H21ClN2O3/c1-15-13-18(23)10-11-20(15)28-12-4-7-21(26)25-24-14-17-9-8-16-5-2-3-6-19(16)22(17)27/h2-3,5-6,8-11,13-14,27H,4,7,12H2,1H3,(H,25,26)/b24-14+. The average molecular weight is 397 g/mol. The molecule has 5 nitrogen and oxygen atoms in total. The highest BCUT2D eigenvalue weighted by Gasteiger charge is 2.05. The van der Waals surface area contributed by atoms with E-state index in [0.29, 0.717) is 23.6 Å². The van der Waals surface area contributed by atoms with Crippen LogP contribution in [0.15, 0.2) is 59.7 Å². The van der Waals surface area contributed by atoms with Crippen LogP contribution in [0, 0.1) is 6.92 Å². The molecule has 0 aliphatic carbocycles. The predicted molar refractivity (Wildman–Crippen MR) is 112 cm³/mol. The molecule has 6 heteroatoms. The molecule has 3 aromatic carbocycles. The molecule has 0 saturated heterocycles. The molecule has 3 aromatic rings. The molecule has 0 saturated carbocycles. The number of fused-ring (bicyclic) bond motifs is 1. The van der Waals surface area contributed by atoms with Crippen molar-refractivity contribution in [3.63, 3.8) is 0 Å². The average Bonchev–Trinajstić information content (AvgIpc) is 2.68. The van der Waals surface area contributed by atoms with Crippen molar-refractivity contribution in [2.24, 2.45) is 5.10 Å². The number of carbonyl (C=O) groups excluding carboxylic acids is 1. The normalized spacial score (nSPS) is 11.1. The summed E-state index contributed by atoms with van der Waals surface area (Å²) in [6.45, 7) is 2.34. The van der Waals surface area contributed by atoms with Gasteiger partial charge in [-0.3, -0.25) is 4.79 Å². The van der Waals surface area contributed by atoms with Crippen LogP contribution in [0.1, 0.15) is 24.0 Å². The quantitative estimate of drug-likeness (QED) is 0.342. The molecule has 0 spiro atoms. The lowest BCUT2D eigenvalue weighted by Crippen LogP contribution is -2.18. The molecule has 0 heterocycles. The lowest BCUT2D eigenvalue weighted by molar-refractivity contribution is -0.121.